The Morgan fingerprint density at radius 2 is 1.84 bits per heavy atom. The molecule has 0 N–H and O–H groups in total. The summed E-state index contributed by atoms with van der Waals surface area (Å²) in [5.74, 6) is 0.117. The van der Waals surface area contributed by atoms with Gasteiger partial charge in [0.15, 0.2) is 0 Å². The molecule has 2 aromatic carbocycles. The standard InChI is InChI=1S/C19H14BrClFNO2/c20-18-17(25-12-14-4-1-5-15(21)9-14)7-8-23(19(18)24)11-13-3-2-6-16(22)10-13/h1-10H,11-12H2. The van der Waals surface area contributed by atoms with Crippen LogP contribution in [0.25, 0.3) is 0 Å². The minimum absolute atomic E-state index is 0.243. The van der Waals surface area contributed by atoms with E-state index in [-0.39, 0.29) is 17.9 Å². The van der Waals surface area contributed by atoms with Gasteiger partial charge in [0.25, 0.3) is 5.56 Å². The summed E-state index contributed by atoms with van der Waals surface area (Å²) in [6, 6.07) is 15.2. The Bertz CT molecular complexity index is 958. The molecular formula is C19H14BrClFNO2. The molecule has 1 heterocycles. The molecule has 0 aliphatic rings. The van der Waals surface area contributed by atoms with Crippen molar-refractivity contribution in [3.05, 3.63) is 97.6 Å². The zero-order chi connectivity index (χ0) is 17.8. The molecule has 0 fully saturated rings. The fraction of sp³-hybridized carbons (Fsp3) is 0.105. The lowest BCUT2D eigenvalue weighted by Gasteiger charge is -2.11. The third kappa shape index (κ3) is 4.50. The Hall–Kier alpha value is -2.11. The number of rotatable bonds is 5. The molecule has 0 amide bonds. The molecule has 0 aliphatic heterocycles. The van der Waals surface area contributed by atoms with Crippen LogP contribution in [0, 0.1) is 5.82 Å². The maximum absolute atomic E-state index is 13.3. The highest BCUT2D eigenvalue weighted by Crippen LogP contribution is 2.22. The van der Waals surface area contributed by atoms with Crippen molar-refractivity contribution in [1.29, 1.82) is 0 Å². The molecule has 0 atom stereocenters. The summed E-state index contributed by atoms with van der Waals surface area (Å²) >= 11 is 9.24. The Morgan fingerprint density at radius 1 is 1.08 bits per heavy atom. The fourth-order valence-electron chi connectivity index (χ4n) is 2.39. The van der Waals surface area contributed by atoms with Crippen LogP contribution in [-0.2, 0) is 13.2 Å². The van der Waals surface area contributed by atoms with E-state index in [1.807, 2.05) is 12.1 Å². The summed E-state index contributed by atoms with van der Waals surface area (Å²) in [6.07, 6.45) is 1.63. The first-order chi connectivity index (χ1) is 12.0. The minimum atomic E-state index is -0.328. The van der Waals surface area contributed by atoms with Gasteiger partial charge in [0, 0.05) is 11.2 Å². The molecule has 0 unspecified atom stereocenters. The molecule has 25 heavy (non-hydrogen) atoms. The molecule has 0 spiro atoms. The van der Waals surface area contributed by atoms with Crippen LogP contribution in [0.15, 0.2) is 70.1 Å². The smallest absolute Gasteiger partial charge is 0.268 e. The van der Waals surface area contributed by atoms with Gasteiger partial charge >= 0.3 is 0 Å². The highest BCUT2D eigenvalue weighted by molar-refractivity contribution is 9.10. The summed E-state index contributed by atoms with van der Waals surface area (Å²) in [5.41, 5.74) is 1.37. The van der Waals surface area contributed by atoms with Crippen molar-refractivity contribution in [1.82, 2.24) is 4.57 Å². The van der Waals surface area contributed by atoms with Crippen LogP contribution >= 0.6 is 27.5 Å². The number of ether oxygens (including phenoxy) is 1. The summed E-state index contributed by atoms with van der Waals surface area (Å²) in [5, 5.41) is 0.630. The number of aromatic nitrogens is 1. The molecule has 3 rings (SSSR count). The molecule has 1 aromatic heterocycles. The van der Waals surface area contributed by atoms with Crippen LogP contribution in [0.4, 0.5) is 4.39 Å². The van der Waals surface area contributed by atoms with E-state index in [2.05, 4.69) is 15.9 Å². The van der Waals surface area contributed by atoms with Crippen LogP contribution in [0.5, 0.6) is 5.75 Å². The van der Waals surface area contributed by atoms with E-state index < -0.39 is 0 Å². The van der Waals surface area contributed by atoms with E-state index in [4.69, 9.17) is 16.3 Å². The topological polar surface area (TPSA) is 31.2 Å². The Kier molecular flexibility index (Phi) is 5.56. The van der Waals surface area contributed by atoms with Gasteiger partial charge in [-0.25, -0.2) is 4.39 Å². The average Bonchev–Trinajstić information content (AvgIpc) is 2.58. The van der Waals surface area contributed by atoms with Crippen molar-refractivity contribution in [3.8, 4) is 5.75 Å². The summed E-state index contributed by atoms with van der Waals surface area (Å²) in [7, 11) is 0. The molecule has 0 bridgehead atoms. The normalized spacial score (nSPS) is 10.7. The average molecular weight is 423 g/mol. The largest absolute Gasteiger partial charge is 0.487 e. The van der Waals surface area contributed by atoms with Gasteiger partial charge in [0.05, 0.1) is 6.54 Å². The van der Waals surface area contributed by atoms with E-state index in [0.29, 0.717) is 27.4 Å². The summed E-state index contributed by atoms with van der Waals surface area (Å²) in [4.78, 5) is 12.5. The zero-order valence-electron chi connectivity index (χ0n) is 13.1. The Labute approximate surface area is 157 Å². The number of hydrogen-bond donors (Lipinski definition) is 0. The molecule has 3 nitrogen and oxygen atoms in total. The molecule has 0 aliphatic carbocycles. The van der Waals surface area contributed by atoms with Gasteiger partial charge in [-0.2, -0.15) is 0 Å². The predicted molar refractivity (Wildman–Crippen MR) is 99.7 cm³/mol. The van der Waals surface area contributed by atoms with Crippen LogP contribution in [0.1, 0.15) is 11.1 Å². The first kappa shape index (κ1) is 17.7. The highest BCUT2D eigenvalue weighted by atomic mass is 79.9. The van der Waals surface area contributed by atoms with Crippen LogP contribution < -0.4 is 10.3 Å². The van der Waals surface area contributed by atoms with Crippen molar-refractivity contribution >= 4 is 27.5 Å². The first-order valence-corrected chi connectivity index (χ1v) is 8.70. The van der Waals surface area contributed by atoms with E-state index in [1.165, 1.54) is 16.7 Å². The molecule has 0 saturated heterocycles. The maximum atomic E-state index is 13.3. The minimum Gasteiger partial charge on any atom is -0.487 e. The molecule has 0 radical (unpaired) electrons. The van der Waals surface area contributed by atoms with Crippen LogP contribution in [0.3, 0.4) is 0 Å². The highest BCUT2D eigenvalue weighted by Gasteiger charge is 2.10. The molecule has 6 heteroatoms. The van der Waals surface area contributed by atoms with E-state index in [1.54, 1.807) is 36.5 Å². The number of hydrogen-bond acceptors (Lipinski definition) is 2. The maximum Gasteiger partial charge on any atom is 0.268 e. The van der Waals surface area contributed by atoms with Gasteiger partial charge in [0.2, 0.25) is 0 Å². The lowest BCUT2D eigenvalue weighted by Crippen LogP contribution is -2.21. The number of benzene rings is 2. The molecule has 128 valence electrons. The second kappa shape index (κ2) is 7.85. The predicted octanol–water partition coefficient (Wildman–Crippen LogP) is 5.03. The zero-order valence-corrected chi connectivity index (χ0v) is 15.4. The molecule has 0 saturated carbocycles. The van der Waals surface area contributed by atoms with Gasteiger partial charge in [-0.1, -0.05) is 35.9 Å². The summed E-state index contributed by atoms with van der Waals surface area (Å²) in [6.45, 7) is 0.580. The van der Waals surface area contributed by atoms with Crippen molar-refractivity contribution in [2.75, 3.05) is 0 Å². The van der Waals surface area contributed by atoms with Gasteiger partial charge in [-0.3, -0.25) is 4.79 Å². The van der Waals surface area contributed by atoms with Crippen molar-refractivity contribution in [3.63, 3.8) is 0 Å². The Balaban J connectivity index is 1.77. The van der Waals surface area contributed by atoms with E-state index >= 15 is 0 Å². The van der Waals surface area contributed by atoms with Gasteiger partial charge < -0.3 is 9.30 Å². The lowest BCUT2D eigenvalue weighted by atomic mass is 10.2. The van der Waals surface area contributed by atoms with Gasteiger partial charge in [0.1, 0.15) is 22.6 Å². The van der Waals surface area contributed by atoms with Crippen LogP contribution in [0.2, 0.25) is 5.02 Å². The van der Waals surface area contributed by atoms with Crippen LogP contribution in [-0.4, -0.2) is 4.57 Å². The molecule has 3 aromatic rings. The first-order valence-electron chi connectivity index (χ1n) is 7.53. The lowest BCUT2D eigenvalue weighted by molar-refractivity contribution is 0.302. The summed E-state index contributed by atoms with van der Waals surface area (Å²) < 4.78 is 20.8. The second-order valence-electron chi connectivity index (χ2n) is 5.48. The van der Waals surface area contributed by atoms with E-state index in [0.717, 1.165) is 5.56 Å². The van der Waals surface area contributed by atoms with Crippen molar-refractivity contribution in [2.45, 2.75) is 13.2 Å². The third-order valence-electron chi connectivity index (χ3n) is 3.60. The van der Waals surface area contributed by atoms with Gasteiger partial charge in [-0.05, 0) is 57.4 Å². The fourth-order valence-corrected chi connectivity index (χ4v) is 3.07. The van der Waals surface area contributed by atoms with Crippen molar-refractivity contribution in [2.24, 2.45) is 0 Å². The SMILES string of the molecule is O=c1c(Br)c(OCc2cccc(Cl)c2)ccn1Cc1cccc(F)c1. The monoisotopic (exact) mass is 421 g/mol. The number of nitrogens with zero attached hydrogens (tertiary/aromatic N) is 1. The Morgan fingerprint density at radius 3 is 2.60 bits per heavy atom. The second-order valence-corrected chi connectivity index (χ2v) is 6.70. The van der Waals surface area contributed by atoms with Crippen molar-refractivity contribution < 1.29 is 9.13 Å². The number of halogens is 3. The van der Waals surface area contributed by atoms with E-state index in [9.17, 15) is 9.18 Å². The number of pyridine rings is 1. The third-order valence-corrected chi connectivity index (χ3v) is 4.56. The van der Waals surface area contributed by atoms with Gasteiger partial charge in [-0.15, -0.1) is 0 Å². The quantitative estimate of drug-likeness (QED) is 0.577. The molecular weight excluding hydrogens is 409 g/mol.